The Morgan fingerprint density at radius 1 is 1.03 bits per heavy atom. The number of aromatic nitrogens is 4. The van der Waals surface area contributed by atoms with Gasteiger partial charge in [-0.1, -0.05) is 36.4 Å². The number of carbonyl (C=O) groups excluding carboxylic acids is 1. The SMILES string of the molecule is COC(=O)C[C@@H]1CC[C@@H](n2nc(-c3c(-c4ccccc4)nn4ccccc34)ccc2=O)C1. The summed E-state index contributed by atoms with van der Waals surface area (Å²) in [5.41, 5.74) is 4.22. The minimum Gasteiger partial charge on any atom is -0.469 e. The monoisotopic (exact) mass is 428 g/mol. The van der Waals surface area contributed by atoms with Crippen LogP contribution in [0.4, 0.5) is 0 Å². The first kappa shape index (κ1) is 20.2. The highest BCUT2D eigenvalue weighted by Gasteiger charge is 2.29. The van der Waals surface area contributed by atoms with E-state index in [-0.39, 0.29) is 23.5 Å². The summed E-state index contributed by atoms with van der Waals surface area (Å²) in [6.07, 6.45) is 4.73. The number of hydrogen-bond donors (Lipinski definition) is 0. The van der Waals surface area contributed by atoms with E-state index in [0.717, 1.165) is 41.6 Å². The van der Waals surface area contributed by atoms with Crippen LogP contribution in [0.3, 0.4) is 0 Å². The lowest BCUT2D eigenvalue weighted by Crippen LogP contribution is -2.26. The molecule has 2 atom stereocenters. The Kier molecular flexibility index (Phi) is 5.31. The Labute approximate surface area is 185 Å². The Bertz CT molecular complexity index is 1330. The molecular weight excluding hydrogens is 404 g/mol. The highest BCUT2D eigenvalue weighted by molar-refractivity contribution is 5.90. The zero-order chi connectivity index (χ0) is 22.1. The molecule has 3 aromatic heterocycles. The molecule has 3 heterocycles. The second kappa shape index (κ2) is 8.42. The molecule has 0 spiro atoms. The van der Waals surface area contributed by atoms with Gasteiger partial charge in [0.25, 0.3) is 5.56 Å². The molecule has 0 aliphatic heterocycles. The number of esters is 1. The van der Waals surface area contributed by atoms with Crippen LogP contribution in [0.25, 0.3) is 28.0 Å². The zero-order valence-electron chi connectivity index (χ0n) is 17.8. The Balaban J connectivity index is 1.57. The maximum atomic E-state index is 12.7. The maximum absolute atomic E-state index is 12.7. The van der Waals surface area contributed by atoms with Crippen LogP contribution in [-0.4, -0.2) is 32.5 Å². The standard InChI is InChI=1S/C25H24N4O3/c1-32-23(31)16-17-10-11-19(15-17)29-22(30)13-12-20(26-29)24-21-9-5-6-14-28(21)27-25(24)18-7-3-2-4-8-18/h2-9,12-14,17,19H,10-11,15-16H2,1H3/t17-,19-/m1/s1. The van der Waals surface area contributed by atoms with Crippen molar-refractivity contribution in [2.45, 2.75) is 31.7 Å². The van der Waals surface area contributed by atoms with Crippen LogP contribution in [-0.2, 0) is 9.53 Å². The molecule has 1 saturated carbocycles. The molecule has 7 nitrogen and oxygen atoms in total. The number of methoxy groups -OCH3 is 1. The molecule has 0 N–H and O–H groups in total. The molecule has 0 unspecified atom stereocenters. The molecular formula is C25H24N4O3. The van der Waals surface area contributed by atoms with Crippen molar-refractivity contribution in [3.05, 3.63) is 77.2 Å². The molecule has 1 aliphatic rings. The number of rotatable bonds is 5. The summed E-state index contributed by atoms with van der Waals surface area (Å²) in [5.74, 6) is 0.00484. The summed E-state index contributed by atoms with van der Waals surface area (Å²) in [6.45, 7) is 0. The maximum Gasteiger partial charge on any atom is 0.305 e. The molecule has 0 amide bonds. The Hall–Kier alpha value is -3.74. The molecule has 1 aliphatic carbocycles. The van der Waals surface area contributed by atoms with Crippen LogP contribution in [0.15, 0.2) is 71.7 Å². The summed E-state index contributed by atoms with van der Waals surface area (Å²) in [5, 5.41) is 9.60. The van der Waals surface area contributed by atoms with Gasteiger partial charge in [-0.05, 0) is 43.4 Å². The summed E-state index contributed by atoms with van der Waals surface area (Å²) in [7, 11) is 1.41. The fraction of sp³-hybridized carbons (Fsp3) is 0.280. The molecule has 4 aromatic rings. The van der Waals surface area contributed by atoms with Crippen LogP contribution in [0, 0.1) is 5.92 Å². The summed E-state index contributed by atoms with van der Waals surface area (Å²) < 4.78 is 8.24. The van der Waals surface area contributed by atoms with E-state index in [0.29, 0.717) is 12.1 Å². The first-order chi connectivity index (χ1) is 15.6. The van der Waals surface area contributed by atoms with Crippen molar-refractivity contribution < 1.29 is 9.53 Å². The van der Waals surface area contributed by atoms with Gasteiger partial charge in [-0.25, -0.2) is 9.20 Å². The van der Waals surface area contributed by atoms with Crippen molar-refractivity contribution in [2.75, 3.05) is 7.11 Å². The quantitative estimate of drug-likeness (QED) is 0.447. The van der Waals surface area contributed by atoms with E-state index in [1.54, 1.807) is 16.8 Å². The van der Waals surface area contributed by atoms with Gasteiger partial charge in [0.05, 0.1) is 29.9 Å². The van der Waals surface area contributed by atoms with Gasteiger partial charge in [-0.15, -0.1) is 0 Å². The number of nitrogens with zero attached hydrogens (tertiary/aromatic N) is 4. The Morgan fingerprint density at radius 3 is 2.66 bits per heavy atom. The number of carbonyl (C=O) groups is 1. The van der Waals surface area contributed by atoms with Crippen molar-refractivity contribution in [3.63, 3.8) is 0 Å². The van der Waals surface area contributed by atoms with E-state index in [9.17, 15) is 9.59 Å². The molecule has 162 valence electrons. The van der Waals surface area contributed by atoms with E-state index in [1.807, 2.05) is 59.2 Å². The van der Waals surface area contributed by atoms with Gasteiger partial charge in [0.1, 0.15) is 5.69 Å². The van der Waals surface area contributed by atoms with E-state index >= 15 is 0 Å². The number of hydrogen-bond acceptors (Lipinski definition) is 5. The van der Waals surface area contributed by atoms with Gasteiger partial charge in [0.15, 0.2) is 0 Å². The number of benzene rings is 1. The minimum absolute atomic E-state index is 0.0286. The highest BCUT2D eigenvalue weighted by atomic mass is 16.5. The van der Waals surface area contributed by atoms with Crippen molar-refractivity contribution in [2.24, 2.45) is 5.92 Å². The van der Waals surface area contributed by atoms with Gasteiger partial charge in [0.2, 0.25) is 0 Å². The van der Waals surface area contributed by atoms with Crippen LogP contribution < -0.4 is 5.56 Å². The minimum atomic E-state index is -0.205. The van der Waals surface area contributed by atoms with Crippen molar-refractivity contribution >= 4 is 11.5 Å². The number of ether oxygens (including phenoxy) is 1. The predicted octanol–water partition coefficient (Wildman–Crippen LogP) is 4.13. The van der Waals surface area contributed by atoms with E-state index in [2.05, 4.69) is 0 Å². The third kappa shape index (κ3) is 3.70. The van der Waals surface area contributed by atoms with Gasteiger partial charge < -0.3 is 4.74 Å². The lowest BCUT2D eigenvalue weighted by molar-refractivity contribution is -0.141. The molecule has 5 rings (SSSR count). The zero-order valence-corrected chi connectivity index (χ0v) is 17.8. The van der Waals surface area contributed by atoms with E-state index < -0.39 is 0 Å². The van der Waals surface area contributed by atoms with E-state index in [4.69, 9.17) is 14.9 Å². The van der Waals surface area contributed by atoms with Gasteiger partial charge in [-0.3, -0.25) is 9.59 Å². The van der Waals surface area contributed by atoms with Crippen LogP contribution in [0.5, 0.6) is 0 Å². The van der Waals surface area contributed by atoms with Crippen molar-refractivity contribution in [1.29, 1.82) is 0 Å². The smallest absolute Gasteiger partial charge is 0.305 e. The Morgan fingerprint density at radius 2 is 1.84 bits per heavy atom. The molecule has 0 bridgehead atoms. The molecule has 7 heteroatoms. The molecule has 0 radical (unpaired) electrons. The van der Waals surface area contributed by atoms with Gasteiger partial charge in [-0.2, -0.15) is 10.2 Å². The summed E-state index contributed by atoms with van der Waals surface area (Å²) >= 11 is 0. The van der Waals surface area contributed by atoms with Crippen LogP contribution >= 0.6 is 0 Å². The number of fused-ring (bicyclic) bond motifs is 1. The fourth-order valence-electron chi connectivity index (χ4n) is 4.64. The van der Waals surface area contributed by atoms with Crippen molar-refractivity contribution in [3.8, 4) is 22.5 Å². The molecule has 1 fully saturated rings. The third-order valence-corrected chi connectivity index (χ3v) is 6.21. The third-order valence-electron chi connectivity index (χ3n) is 6.21. The van der Waals surface area contributed by atoms with Gasteiger partial charge in [0, 0.05) is 24.2 Å². The first-order valence-electron chi connectivity index (χ1n) is 10.8. The lowest BCUT2D eigenvalue weighted by atomic mass is 10.0. The molecule has 0 saturated heterocycles. The second-order valence-corrected chi connectivity index (χ2v) is 8.23. The average molecular weight is 428 g/mol. The number of pyridine rings is 1. The van der Waals surface area contributed by atoms with Crippen molar-refractivity contribution in [1.82, 2.24) is 19.4 Å². The normalized spacial score (nSPS) is 18.2. The molecule has 32 heavy (non-hydrogen) atoms. The predicted molar refractivity (Wildman–Crippen MR) is 121 cm³/mol. The lowest BCUT2D eigenvalue weighted by Gasteiger charge is -2.14. The van der Waals surface area contributed by atoms with Crippen LogP contribution in [0.1, 0.15) is 31.7 Å². The summed E-state index contributed by atoms with van der Waals surface area (Å²) in [6, 6.07) is 19.2. The van der Waals surface area contributed by atoms with Gasteiger partial charge >= 0.3 is 5.97 Å². The average Bonchev–Trinajstić information content (AvgIpc) is 3.45. The topological polar surface area (TPSA) is 78.5 Å². The first-order valence-corrected chi connectivity index (χ1v) is 10.8. The summed E-state index contributed by atoms with van der Waals surface area (Å²) in [4.78, 5) is 24.4. The largest absolute Gasteiger partial charge is 0.469 e. The van der Waals surface area contributed by atoms with Crippen LogP contribution in [0.2, 0.25) is 0 Å². The highest BCUT2D eigenvalue weighted by Crippen LogP contribution is 2.37. The van der Waals surface area contributed by atoms with E-state index in [1.165, 1.54) is 7.11 Å². The molecule has 1 aromatic carbocycles. The fourth-order valence-corrected chi connectivity index (χ4v) is 4.64. The second-order valence-electron chi connectivity index (χ2n) is 8.23.